The lowest BCUT2D eigenvalue weighted by molar-refractivity contribution is -1.09. The largest absolute Gasteiger partial charge is 0.457 e. The van der Waals surface area contributed by atoms with E-state index < -0.39 is 0 Å². The molecular formula is C35H37N6O4+. The first-order valence-electron chi connectivity index (χ1n) is 15.1. The van der Waals surface area contributed by atoms with Gasteiger partial charge in [-0.25, -0.2) is 14.6 Å². The summed E-state index contributed by atoms with van der Waals surface area (Å²) in [6.45, 7) is 2.38. The third-order valence-electron chi connectivity index (χ3n) is 8.13. The van der Waals surface area contributed by atoms with Gasteiger partial charge in [-0.1, -0.05) is 31.2 Å². The van der Waals surface area contributed by atoms with Gasteiger partial charge in [0.2, 0.25) is 5.91 Å². The Labute approximate surface area is 261 Å². The molecule has 3 aromatic carbocycles. The highest BCUT2D eigenvalue weighted by molar-refractivity contribution is 6.04. The molecule has 1 fully saturated rings. The van der Waals surface area contributed by atoms with Gasteiger partial charge in [0.25, 0.3) is 0 Å². The average molecular weight is 606 g/mol. The van der Waals surface area contributed by atoms with E-state index in [0.29, 0.717) is 58.8 Å². The van der Waals surface area contributed by atoms with Crippen molar-refractivity contribution in [3.63, 3.8) is 0 Å². The number of anilines is 2. The molecule has 6 rings (SSSR count). The number of carbonyl (C=O) groups is 1. The molecule has 2 aliphatic rings. The lowest BCUT2D eigenvalue weighted by atomic mass is 10.1. The van der Waals surface area contributed by atoms with E-state index in [4.69, 9.17) is 10.1 Å². The third kappa shape index (κ3) is 6.52. The van der Waals surface area contributed by atoms with Crippen LogP contribution in [0.1, 0.15) is 38.3 Å². The number of fused-ring (bicyclic) bond motifs is 1. The summed E-state index contributed by atoms with van der Waals surface area (Å²) in [6, 6.07) is 23.9. The molecule has 1 saturated carbocycles. The predicted molar refractivity (Wildman–Crippen MR) is 175 cm³/mol. The lowest BCUT2D eigenvalue weighted by Gasteiger charge is -2.23. The van der Waals surface area contributed by atoms with Crippen LogP contribution in [0.15, 0.2) is 108 Å². The Balaban J connectivity index is 1.32. The van der Waals surface area contributed by atoms with Gasteiger partial charge in [-0.05, 0) is 72.7 Å². The molecule has 10 nitrogen and oxygen atoms in total. The third-order valence-corrected chi connectivity index (χ3v) is 8.13. The maximum absolute atomic E-state index is 14.2. The van der Waals surface area contributed by atoms with E-state index in [-0.39, 0.29) is 22.3 Å². The molecule has 1 unspecified atom stereocenters. The molecule has 4 N–H and O–H groups in total. The number of allylic oxidation sites excluding steroid dienone is 1. The summed E-state index contributed by atoms with van der Waals surface area (Å²) in [7, 11) is 1.75. The van der Waals surface area contributed by atoms with Crippen molar-refractivity contribution in [3.8, 4) is 22.9 Å². The van der Waals surface area contributed by atoms with Gasteiger partial charge in [-0.3, -0.25) is 9.36 Å². The highest BCUT2D eigenvalue weighted by Gasteiger charge is 2.40. The topological polar surface area (TPSA) is 121 Å². The van der Waals surface area contributed by atoms with Crippen molar-refractivity contribution >= 4 is 23.1 Å². The Bertz CT molecular complexity index is 1850. The SMILES string of the molecule is CCC1=CNc2c(n(-c3ccc(Oc4ccccc4)cc3)c(=O)n2-c2cccc(NC(=O)/C=C/C[N+](C)(O)C3CC3)c2)C(=N)C1. The number of para-hydroxylation sites is 1. The number of benzene rings is 3. The number of hydrogen-bond acceptors (Lipinski definition) is 6. The van der Waals surface area contributed by atoms with Gasteiger partial charge in [0.15, 0.2) is 0 Å². The lowest BCUT2D eigenvalue weighted by Crippen LogP contribution is -2.42. The van der Waals surface area contributed by atoms with Gasteiger partial charge in [-0.15, -0.1) is 0 Å². The number of imidazole rings is 1. The summed E-state index contributed by atoms with van der Waals surface area (Å²) < 4.78 is 8.90. The first-order valence-corrected chi connectivity index (χ1v) is 15.1. The molecule has 230 valence electrons. The zero-order valence-electron chi connectivity index (χ0n) is 25.4. The molecule has 1 aliphatic carbocycles. The molecule has 2 heterocycles. The average Bonchev–Trinajstić information content (AvgIpc) is 3.86. The normalized spacial score (nSPS) is 15.9. The van der Waals surface area contributed by atoms with Crippen molar-refractivity contribution in [2.24, 2.45) is 0 Å². The molecule has 1 atom stereocenters. The number of hydrogen-bond donors (Lipinski definition) is 4. The number of carbonyl (C=O) groups excluding carboxylic acids is 1. The fourth-order valence-electron chi connectivity index (χ4n) is 5.50. The predicted octanol–water partition coefficient (Wildman–Crippen LogP) is 6.39. The van der Waals surface area contributed by atoms with E-state index in [0.717, 1.165) is 24.8 Å². The van der Waals surface area contributed by atoms with Crippen LogP contribution < -0.4 is 21.1 Å². The highest BCUT2D eigenvalue weighted by atomic mass is 16.5. The van der Waals surface area contributed by atoms with Crippen molar-refractivity contribution in [3.05, 3.63) is 119 Å². The van der Waals surface area contributed by atoms with Crippen molar-refractivity contribution in [1.82, 2.24) is 9.13 Å². The van der Waals surface area contributed by atoms with Gasteiger partial charge in [0, 0.05) is 37.2 Å². The molecule has 0 radical (unpaired) electrons. The first-order chi connectivity index (χ1) is 21.7. The molecular weight excluding hydrogens is 568 g/mol. The minimum Gasteiger partial charge on any atom is -0.457 e. The van der Waals surface area contributed by atoms with Gasteiger partial charge in [0.1, 0.15) is 35.6 Å². The van der Waals surface area contributed by atoms with Crippen LogP contribution in [0.3, 0.4) is 0 Å². The molecule has 0 saturated heterocycles. The quantitative estimate of drug-likeness (QED) is 0.0948. The number of nitrogens with one attached hydrogen (secondary N) is 3. The monoisotopic (exact) mass is 605 g/mol. The van der Waals surface area contributed by atoms with Crippen molar-refractivity contribution in [2.75, 3.05) is 24.2 Å². The molecule has 10 heteroatoms. The van der Waals surface area contributed by atoms with Crippen molar-refractivity contribution in [1.29, 1.82) is 5.41 Å². The minimum absolute atomic E-state index is 0.122. The summed E-state index contributed by atoms with van der Waals surface area (Å²) in [6.07, 6.45) is 8.10. The highest BCUT2D eigenvalue weighted by Crippen LogP contribution is 2.31. The van der Waals surface area contributed by atoms with Crippen molar-refractivity contribution in [2.45, 2.75) is 38.6 Å². The van der Waals surface area contributed by atoms with Crippen LogP contribution in [0.2, 0.25) is 0 Å². The van der Waals surface area contributed by atoms with Gasteiger partial charge >= 0.3 is 5.69 Å². The fourth-order valence-corrected chi connectivity index (χ4v) is 5.50. The second-order valence-corrected chi connectivity index (χ2v) is 11.6. The van der Waals surface area contributed by atoms with Gasteiger partial charge in [-0.2, -0.15) is 4.65 Å². The van der Waals surface area contributed by atoms with Crippen LogP contribution in [-0.2, 0) is 4.79 Å². The number of rotatable bonds is 10. The number of quaternary nitrogens is 1. The van der Waals surface area contributed by atoms with Crippen LogP contribution in [-0.4, -0.2) is 50.2 Å². The van der Waals surface area contributed by atoms with Crippen molar-refractivity contribution < 1.29 is 19.4 Å². The molecule has 0 spiro atoms. The molecule has 1 aliphatic heterocycles. The summed E-state index contributed by atoms with van der Waals surface area (Å²) in [5.74, 6) is 1.47. The Morgan fingerprint density at radius 3 is 2.49 bits per heavy atom. The fraction of sp³-hybridized carbons (Fsp3) is 0.229. The Morgan fingerprint density at radius 1 is 1.04 bits per heavy atom. The van der Waals surface area contributed by atoms with E-state index in [9.17, 15) is 14.8 Å². The van der Waals surface area contributed by atoms with Crippen LogP contribution >= 0.6 is 0 Å². The van der Waals surface area contributed by atoms with E-state index >= 15 is 0 Å². The maximum atomic E-state index is 14.2. The minimum atomic E-state index is -0.356. The molecule has 1 aromatic heterocycles. The van der Waals surface area contributed by atoms with Gasteiger partial charge in [0.05, 0.1) is 24.1 Å². The standard InChI is InChI=1S/C35H36N6O4/c1-3-24-21-31(36)33-34(37-23-24)40(35(43)39(33)26-14-18-30(19-15-26)45-29-11-5-4-6-12-29)27-10-7-9-25(22-27)38-32(42)13-8-20-41(2,44)28-16-17-28/h4-15,18-19,22-23,28,44H,3,16-17,20-21H2,1-2H3,(H2-,36,37,38,42)/p+1/b13-8+. The summed E-state index contributed by atoms with van der Waals surface area (Å²) in [5.41, 5.74) is 3.11. The van der Waals surface area contributed by atoms with E-state index in [2.05, 4.69) is 10.6 Å². The Hall–Kier alpha value is -5.19. The number of hydroxylamine groups is 3. The number of amides is 1. The second kappa shape index (κ2) is 12.4. The molecule has 1 amide bonds. The smallest absolute Gasteiger partial charge is 0.339 e. The number of aromatic nitrogens is 2. The molecule has 45 heavy (non-hydrogen) atoms. The van der Waals surface area contributed by atoms with E-state index in [1.54, 1.807) is 66.2 Å². The number of nitrogens with zero attached hydrogens (tertiary/aromatic N) is 3. The van der Waals surface area contributed by atoms with Crippen LogP contribution in [0.25, 0.3) is 11.4 Å². The van der Waals surface area contributed by atoms with E-state index in [1.165, 1.54) is 10.6 Å². The molecule has 0 bridgehead atoms. The van der Waals surface area contributed by atoms with Crippen LogP contribution in [0.4, 0.5) is 11.5 Å². The maximum Gasteiger partial charge on any atom is 0.339 e. The van der Waals surface area contributed by atoms with Crippen LogP contribution in [0, 0.1) is 5.41 Å². The zero-order valence-corrected chi connectivity index (χ0v) is 25.4. The zero-order chi connectivity index (χ0) is 31.6. The second-order valence-electron chi connectivity index (χ2n) is 11.6. The Morgan fingerprint density at radius 2 is 1.78 bits per heavy atom. The Kier molecular flexibility index (Phi) is 8.25. The van der Waals surface area contributed by atoms with Crippen LogP contribution in [0.5, 0.6) is 11.5 Å². The summed E-state index contributed by atoms with van der Waals surface area (Å²) in [5, 5.41) is 25.6. The first kappa shape index (κ1) is 29.9. The molecule has 4 aromatic rings. The van der Waals surface area contributed by atoms with E-state index in [1.807, 2.05) is 43.5 Å². The van der Waals surface area contributed by atoms with Gasteiger partial charge < -0.3 is 20.8 Å². The number of ether oxygens (including phenoxy) is 1. The number of likely N-dealkylation sites (N-methyl/N-ethyl adjacent to an activating group) is 1. The summed E-state index contributed by atoms with van der Waals surface area (Å²) >= 11 is 0. The summed E-state index contributed by atoms with van der Waals surface area (Å²) in [4.78, 5) is 26.9.